The second-order valence-corrected chi connectivity index (χ2v) is 6.54. The molecule has 1 aromatic carbocycles. The van der Waals surface area contributed by atoms with E-state index in [4.69, 9.17) is 16.9 Å². The van der Waals surface area contributed by atoms with E-state index in [9.17, 15) is 8.42 Å². The summed E-state index contributed by atoms with van der Waals surface area (Å²) in [5, 5.41) is 12.1. The van der Waals surface area contributed by atoms with Crippen LogP contribution in [0, 0.1) is 11.3 Å². The molecule has 0 saturated heterocycles. The summed E-state index contributed by atoms with van der Waals surface area (Å²) in [5.74, 6) is 0.0311. The quantitative estimate of drug-likeness (QED) is 0.911. The van der Waals surface area contributed by atoms with E-state index in [0.29, 0.717) is 16.3 Å². The maximum absolute atomic E-state index is 11.1. The molecule has 0 aliphatic heterocycles. The molecule has 0 heterocycles. The molecule has 92 valence electrons. The highest BCUT2D eigenvalue weighted by Crippen LogP contribution is 2.23. The van der Waals surface area contributed by atoms with Gasteiger partial charge in [-0.3, -0.25) is 0 Å². The van der Waals surface area contributed by atoms with Crippen LogP contribution in [0.3, 0.4) is 0 Å². The molecule has 6 heteroatoms. The van der Waals surface area contributed by atoms with Crippen LogP contribution in [-0.4, -0.2) is 26.5 Å². The predicted octanol–water partition coefficient (Wildman–Crippen LogP) is 2.06. The number of nitriles is 1. The zero-order valence-corrected chi connectivity index (χ0v) is 11.1. The third-order valence-corrected chi connectivity index (χ3v) is 3.47. The first-order chi connectivity index (χ1) is 7.81. The van der Waals surface area contributed by atoms with E-state index in [-0.39, 0.29) is 11.8 Å². The first kappa shape index (κ1) is 13.8. The SMILES string of the molecule is CC(CS(C)(=O)=O)Nc1ccc(C#N)cc1Cl. The lowest BCUT2D eigenvalue weighted by Crippen LogP contribution is -2.25. The number of halogens is 1. The minimum Gasteiger partial charge on any atom is -0.380 e. The van der Waals surface area contributed by atoms with Crippen molar-refractivity contribution in [2.45, 2.75) is 13.0 Å². The first-order valence-corrected chi connectivity index (χ1v) is 7.39. The van der Waals surface area contributed by atoms with Gasteiger partial charge in [-0.05, 0) is 25.1 Å². The molecule has 1 N–H and O–H groups in total. The van der Waals surface area contributed by atoms with Crippen LogP contribution in [0.1, 0.15) is 12.5 Å². The molecule has 0 aliphatic carbocycles. The molecule has 0 fully saturated rings. The van der Waals surface area contributed by atoms with E-state index >= 15 is 0 Å². The summed E-state index contributed by atoms with van der Waals surface area (Å²) in [4.78, 5) is 0. The standard InChI is InChI=1S/C11H13ClN2O2S/c1-8(7-17(2,15)16)14-11-4-3-9(6-13)5-10(11)12/h3-5,8,14H,7H2,1-2H3. The molecule has 0 radical (unpaired) electrons. The summed E-state index contributed by atoms with van der Waals surface area (Å²) < 4.78 is 22.2. The van der Waals surface area contributed by atoms with Crippen LogP contribution in [0.2, 0.25) is 5.02 Å². The molecule has 1 unspecified atom stereocenters. The lowest BCUT2D eigenvalue weighted by Gasteiger charge is -2.15. The van der Waals surface area contributed by atoms with E-state index in [1.54, 1.807) is 19.1 Å². The van der Waals surface area contributed by atoms with Gasteiger partial charge >= 0.3 is 0 Å². The number of rotatable bonds is 4. The molecular weight excluding hydrogens is 260 g/mol. The lowest BCUT2D eigenvalue weighted by atomic mass is 10.2. The summed E-state index contributed by atoms with van der Waals surface area (Å²) in [5.41, 5.74) is 1.10. The Morgan fingerprint density at radius 2 is 2.18 bits per heavy atom. The average Bonchev–Trinajstić information content (AvgIpc) is 2.18. The minimum atomic E-state index is -3.03. The van der Waals surface area contributed by atoms with Crippen LogP contribution < -0.4 is 5.32 Å². The predicted molar refractivity (Wildman–Crippen MR) is 69.0 cm³/mol. The van der Waals surface area contributed by atoms with Crippen LogP contribution in [0.25, 0.3) is 0 Å². The molecule has 17 heavy (non-hydrogen) atoms. The smallest absolute Gasteiger partial charge is 0.149 e. The van der Waals surface area contributed by atoms with Crippen molar-refractivity contribution in [3.63, 3.8) is 0 Å². The van der Waals surface area contributed by atoms with Crippen molar-refractivity contribution in [1.82, 2.24) is 0 Å². The second kappa shape index (κ2) is 5.39. The van der Waals surface area contributed by atoms with E-state index in [1.165, 1.54) is 12.3 Å². The third kappa shape index (κ3) is 4.63. The summed E-state index contributed by atoms with van der Waals surface area (Å²) in [6.07, 6.45) is 1.19. The van der Waals surface area contributed by atoms with Crippen molar-refractivity contribution >= 4 is 27.1 Å². The molecule has 0 saturated carbocycles. The number of nitrogens with zero attached hydrogens (tertiary/aromatic N) is 1. The van der Waals surface area contributed by atoms with Crippen LogP contribution in [0.4, 0.5) is 5.69 Å². The van der Waals surface area contributed by atoms with Gasteiger partial charge in [0.15, 0.2) is 0 Å². The number of hydrogen-bond acceptors (Lipinski definition) is 4. The Balaban J connectivity index is 2.79. The van der Waals surface area contributed by atoms with Gasteiger partial charge in [0.05, 0.1) is 28.1 Å². The highest BCUT2D eigenvalue weighted by molar-refractivity contribution is 7.90. The Morgan fingerprint density at radius 1 is 1.53 bits per heavy atom. The molecule has 4 nitrogen and oxygen atoms in total. The summed E-state index contributed by atoms with van der Waals surface area (Å²) in [7, 11) is -3.03. The number of benzene rings is 1. The number of hydrogen-bond donors (Lipinski definition) is 1. The Kier molecular flexibility index (Phi) is 4.38. The number of anilines is 1. The Labute approximate surface area is 106 Å². The van der Waals surface area contributed by atoms with Crippen LogP contribution in [0.15, 0.2) is 18.2 Å². The Morgan fingerprint density at radius 3 is 2.65 bits per heavy atom. The highest BCUT2D eigenvalue weighted by Gasteiger charge is 2.11. The molecule has 0 spiro atoms. The number of sulfone groups is 1. The second-order valence-electron chi connectivity index (χ2n) is 3.94. The number of nitrogens with one attached hydrogen (secondary N) is 1. The molecule has 0 aliphatic rings. The van der Waals surface area contributed by atoms with Crippen molar-refractivity contribution < 1.29 is 8.42 Å². The molecule has 1 atom stereocenters. The maximum Gasteiger partial charge on any atom is 0.149 e. The Bertz CT molecular complexity index is 549. The monoisotopic (exact) mass is 272 g/mol. The van der Waals surface area contributed by atoms with Gasteiger partial charge in [0.25, 0.3) is 0 Å². The van der Waals surface area contributed by atoms with Crippen LogP contribution in [-0.2, 0) is 9.84 Å². The largest absolute Gasteiger partial charge is 0.380 e. The van der Waals surface area contributed by atoms with Crippen molar-refractivity contribution in [2.75, 3.05) is 17.3 Å². The van der Waals surface area contributed by atoms with E-state index in [0.717, 1.165) is 0 Å². The van der Waals surface area contributed by atoms with Crippen molar-refractivity contribution in [3.8, 4) is 6.07 Å². The fourth-order valence-electron chi connectivity index (χ4n) is 1.46. The lowest BCUT2D eigenvalue weighted by molar-refractivity contribution is 0.598. The van der Waals surface area contributed by atoms with Gasteiger partial charge in [-0.2, -0.15) is 5.26 Å². The molecule has 0 amide bonds. The van der Waals surface area contributed by atoms with E-state index in [1.807, 2.05) is 6.07 Å². The minimum absolute atomic E-state index is 0.0311. The van der Waals surface area contributed by atoms with Crippen LogP contribution in [0.5, 0.6) is 0 Å². The van der Waals surface area contributed by atoms with E-state index < -0.39 is 9.84 Å². The van der Waals surface area contributed by atoms with Gasteiger partial charge < -0.3 is 5.32 Å². The van der Waals surface area contributed by atoms with Crippen molar-refractivity contribution in [2.24, 2.45) is 0 Å². The molecule has 1 rings (SSSR count). The average molecular weight is 273 g/mol. The van der Waals surface area contributed by atoms with Gasteiger partial charge in [0.2, 0.25) is 0 Å². The zero-order chi connectivity index (χ0) is 13.1. The maximum atomic E-state index is 11.1. The highest BCUT2D eigenvalue weighted by atomic mass is 35.5. The fraction of sp³-hybridized carbons (Fsp3) is 0.364. The van der Waals surface area contributed by atoms with Crippen LogP contribution >= 0.6 is 11.6 Å². The molecule has 0 aromatic heterocycles. The summed E-state index contributed by atoms with van der Waals surface area (Å²) in [6.45, 7) is 1.76. The third-order valence-electron chi connectivity index (χ3n) is 2.05. The van der Waals surface area contributed by atoms with E-state index in [2.05, 4.69) is 5.32 Å². The zero-order valence-electron chi connectivity index (χ0n) is 9.57. The summed E-state index contributed by atoms with van der Waals surface area (Å²) in [6, 6.07) is 6.57. The molecule has 1 aromatic rings. The molecular formula is C11H13ClN2O2S. The topological polar surface area (TPSA) is 70.0 Å². The first-order valence-electron chi connectivity index (χ1n) is 4.96. The molecule has 0 bridgehead atoms. The van der Waals surface area contributed by atoms with Crippen molar-refractivity contribution in [3.05, 3.63) is 28.8 Å². The van der Waals surface area contributed by atoms with Gasteiger partial charge in [-0.25, -0.2) is 8.42 Å². The Hall–Kier alpha value is -1.25. The normalized spacial score (nSPS) is 12.8. The van der Waals surface area contributed by atoms with Crippen molar-refractivity contribution in [1.29, 1.82) is 5.26 Å². The van der Waals surface area contributed by atoms with Gasteiger partial charge in [0.1, 0.15) is 9.84 Å². The fourth-order valence-corrected chi connectivity index (χ4v) is 2.69. The summed E-state index contributed by atoms with van der Waals surface area (Å²) >= 11 is 5.96. The van der Waals surface area contributed by atoms with Gasteiger partial charge in [-0.1, -0.05) is 11.6 Å². The van der Waals surface area contributed by atoms with Gasteiger partial charge in [-0.15, -0.1) is 0 Å². The van der Waals surface area contributed by atoms with Gasteiger partial charge in [0, 0.05) is 12.3 Å².